The Morgan fingerprint density at radius 2 is 1.19 bits per heavy atom. The zero-order valence-corrected chi connectivity index (χ0v) is 31.8. The van der Waals surface area contributed by atoms with E-state index in [0.29, 0.717) is 12.8 Å². The molecule has 1 aliphatic rings. The lowest BCUT2D eigenvalue weighted by atomic mass is 9.99. The fourth-order valence-electron chi connectivity index (χ4n) is 5.24. The van der Waals surface area contributed by atoms with Gasteiger partial charge >= 0.3 is 0 Å². The Bertz CT molecular complexity index is 1120. The number of carbonyl (C=O) groups is 1. The molecule has 1 aliphatic heterocycles. The van der Waals surface area contributed by atoms with Gasteiger partial charge in [0, 0.05) is 6.42 Å². The number of hydrogen-bond acceptors (Lipinski definition) is 8. The molecular formula is C43H69NO8. The second kappa shape index (κ2) is 32.7. The Morgan fingerprint density at radius 1 is 0.673 bits per heavy atom. The number of hydrogen-bond donors (Lipinski definition) is 6. The first kappa shape index (κ1) is 47.1. The second-order valence-electron chi connectivity index (χ2n) is 13.0. The molecule has 0 aromatic carbocycles. The van der Waals surface area contributed by atoms with E-state index in [1.54, 1.807) is 6.08 Å². The van der Waals surface area contributed by atoms with Crippen LogP contribution >= 0.6 is 0 Å². The molecule has 1 heterocycles. The van der Waals surface area contributed by atoms with E-state index in [0.717, 1.165) is 83.5 Å². The third-order valence-electron chi connectivity index (χ3n) is 8.41. The minimum Gasteiger partial charge on any atom is -0.394 e. The van der Waals surface area contributed by atoms with Crippen LogP contribution < -0.4 is 5.32 Å². The molecule has 294 valence electrons. The first-order chi connectivity index (χ1) is 25.3. The highest BCUT2D eigenvalue weighted by molar-refractivity contribution is 5.76. The van der Waals surface area contributed by atoms with Crippen molar-refractivity contribution in [2.75, 3.05) is 13.2 Å². The zero-order valence-electron chi connectivity index (χ0n) is 31.8. The Kier molecular flexibility index (Phi) is 29.7. The summed E-state index contributed by atoms with van der Waals surface area (Å²) in [6.45, 7) is 3.43. The number of rotatable bonds is 29. The Hall–Kier alpha value is -2.89. The summed E-state index contributed by atoms with van der Waals surface area (Å²) in [6.07, 6.45) is 39.5. The van der Waals surface area contributed by atoms with Crippen molar-refractivity contribution in [3.05, 3.63) is 97.2 Å². The van der Waals surface area contributed by atoms with Gasteiger partial charge in [0.25, 0.3) is 0 Å². The van der Waals surface area contributed by atoms with Crippen LogP contribution in [0.5, 0.6) is 0 Å². The summed E-state index contributed by atoms with van der Waals surface area (Å²) in [7, 11) is 0. The van der Waals surface area contributed by atoms with Crippen LogP contribution in [-0.2, 0) is 14.3 Å². The van der Waals surface area contributed by atoms with Gasteiger partial charge in [-0.05, 0) is 70.6 Å². The van der Waals surface area contributed by atoms with Gasteiger partial charge in [-0.1, -0.05) is 130 Å². The highest BCUT2D eigenvalue weighted by Gasteiger charge is 2.44. The highest BCUT2D eigenvalue weighted by Crippen LogP contribution is 2.22. The molecule has 1 saturated heterocycles. The van der Waals surface area contributed by atoms with Gasteiger partial charge in [0.05, 0.1) is 25.4 Å². The molecule has 0 saturated carbocycles. The standard InChI is InChI=1S/C43H69NO8/c1-3-5-7-9-10-11-12-13-14-15-16-17-18-19-20-21-22-23-24-25-26-27-28-29-31-33-39(47)44-36(37(46)32-30-8-6-4-2)35-51-43-42(50)41(49)40(48)38(34-45)52-43/h5,7,10-11,13-14,16-17,19-20,22-23,25-26,30,32,36-38,40-43,45-46,48-50H,3-4,6,8-9,12,15,18,21,24,27-29,31,33-35H2,1-2H3,(H,44,47)/b7-5-,11-10-,14-13-,17-16-,20-19-,23-22-,26-25-,32-30+. The van der Waals surface area contributed by atoms with Crippen LogP contribution in [0.1, 0.15) is 110 Å². The summed E-state index contributed by atoms with van der Waals surface area (Å²) >= 11 is 0. The number of nitrogens with one attached hydrogen (secondary N) is 1. The fraction of sp³-hybridized carbons (Fsp3) is 0.605. The third kappa shape index (κ3) is 23.6. The number of amides is 1. The number of allylic oxidation sites excluding steroid dienone is 15. The first-order valence-corrected chi connectivity index (χ1v) is 19.5. The van der Waals surface area contributed by atoms with Gasteiger partial charge in [-0.2, -0.15) is 0 Å². The average molecular weight is 728 g/mol. The summed E-state index contributed by atoms with van der Waals surface area (Å²) in [5.41, 5.74) is 0. The van der Waals surface area contributed by atoms with Gasteiger partial charge in [0.2, 0.25) is 5.91 Å². The zero-order chi connectivity index (χ0) is 38.1. The first-order valence-electron chi connectivity index (χ1n) is 19.5. The highest BCUT2D eigenvalue weighted by atomic mass is 16.7. The monoisotopic (exact) mass is 728 g/mol. The summed E-state index contributed by atoms with van der Waals surface area (Å²) in [5.74, 6) is -0.225. The van der Waals surface area contributed by atoms with Gasteiger partial charge in [0.1, 0.15) is 24.4 Å². The van der Waals surface area contributed by atoms with Crippen molar-refractivity contribution >= 4 is 5.91 Å². The molecule has 7 atom stereocenters. The van der Waals surface area contributed by atoms with Crippen molar-refractivity contribution < 1.29 is 39.8 Å². The second-order valence-corrected chi connectivity index (χ2v) is 13.0. The van der Waals surface area contributed by atoms with Gasteiger partial charge in [0.15, 0.2) is 6.29 Å². The van der Waals surface area contributed by atoms with Gasteiger partial charge in [-0.15, -0.1) is 0 Å². The molecule has 52 heavy (non-hydrogen) atoms. The number of unbranched alkanes of at least 4 members (excludes halogenated alkanes) is 5. The van der Waals surface area contributed by atoms with Crippen molar-refractivity contribution in [1.82, 2.24) is 5.32 Å². The van der Waals surface area contributed by atoms with Crippen LogP contribution in [0.4, 0.5) is 0 Å². The van der Waals surface area contributed by atoms with E-state index in [1.807, 2.05) is 6.08 Å². The van der Waals surface area contributed by atoms with E-state index in [-0.39, 0.29) is 12.5 Å². The molecule has 7 unspecified atom stereocenters. The van der Waals surface area contributed by atoms with Crippen LogP contribution in [0, 0.1) is 0 Å². The molecular weight excluding hydrogens is 658 g/mol. The Balaban J connectivity index is 2.26. The van der Waals surface area contributed by atoms with Gasteiger partial charge in [-0.3, -0.25) is 4.79 Å². The molecule has 6 N–H and O–H groups in total. The van der Waals surface area contributed by atoms with E-state index in [9.17, 15) is 30.3 Å². The largest absolute Gasteiger partial charge is 0.394 e. The number of carbonyl (C=O) groups excluding carboxylic acids is 1. The van der Waals surface area contributed by atoms with Gasteiger partial charge in [-0.25, -0.2) is 0 Å². The van der Waals surface area contributed by atoms with Crippen LogP contribution in [0.25, 0.3) is 0 Å². The van der Waals surface area contributed by atoms with Crippen molar-refractivity contribution in [2.24, 2.45) is 0 Å². The predicted molar refractivity (Wildman–Crippen MR) is 211 cm³/mol. The van der Waals surface area contributed by atoms with Gasteiger partial charge < -0.3 is 40.3 Å². The lowest BCUT2D eigenvalue weighted by molar-refractivity contribution is -0.302. The van der Waals surface area contributed by atoms with E-state index in [4.69, 9.17) is 9.47 Å². The molecule has 0 aromatic heterocycles. The SMILES string of the molecule is CC/C=C\C/C=C\C/C=C\C/C=C\C/C=C\C/C=C\C/C=C\CCCCCC(=O)NC(COC1OC(CO)C(O)C(O)C1O)C(O)/C=C/CCCC. The van der Waals surface area contributed by atoms with Crippen molar-refractivity contribution in [3.8, 4) is 0 Å². The average Bonchev–Trinajstić information content (AvgIpc) is 3.14. The fourth-order valence-corrected chi connectivity index (χ4v) is 5.24. The lowest BCUT2D eigenvalue weighted by Gasteiger charge is -2.40. The maximum Gasteiger partial charge on any atom is 0.220 e. The maximum atomic E-state index is 12.7. The predicted octanol–water partition coefficient (Wildman–Crippen LogP) is 6.99. The number of aliphatic hydroxyl groups excluding tert-OH is 5. The smallest absolute Gasteiger partial charge is 0.220 e. The van der Waals surface area contributed by atoms with Crippen LogP contribution in [0.15, 0.2) is 97.2 Å². The topological polar surface area (TPSA) is 149 Å². The summed E-state index contributed by atoms with van der Waals surface area (Å²) in [4.78, 5) is 12.7. The van der Waals surface area contributed by atoms with Crippen LogP contribution in [-0.4, -0.2) is 87.5 Å². The lowest BCUT2D eigenvalue weighted by Crippen LogP contribution is -2.60. The van der Waals surface area contributed by atoms with Crippen LogP contribution in [0.3, 0.4) is 0 Å². The molecule has 0 bridgehead atoms. The quantitative estimate of drug-likeness (QED) is 0.0357. The number of aliphatic hydroxyl groups is 5. The van der Waals surface area contributed by atoms with E-state index >= 15 is 0 Å². The molecule has 0 aromatic rings. The van der Waals surface area contributed by atoms with Crippen LogP contribution in [0.2, 0.25) is 0 Å². The minimum atomic E-state index is -1.57. The number of ether oxygens (including phenoxy) is 2. The summed E-state index contributed by atoms with van der Waals surface area (Å²) in [5, 5.41) is 53.4. The molecule has 9 heteroatoms. The molecule has 1 fully saturated rings. The van der Waals surface area contributed by atoms with Crippen molar-refractivity contribution in [1.29, 1.82) is 0 Å². The summed E-state index contributed by atoms with van der Waals surface area (Å²) < 4.78 is 11.0. The summed E-state index contributed by atoms with van der Waals surface area (Å²) in [6, 6.07) is -0.824. The van der Waals surface area contributed by atoms with E-state index in [1.165, 1.54) is 0 Å². The Labute approximate surface area is 313 Å². The molecule has 1 rings (SSSR count). The van der Waals surface area contributed by atoms with E-state index < -0.39 is 49.5 Å². The molecule has 0 radical (unpaired) electrons. The maximum absolute atomic E-state index is 12.7. The minimum absolute atomic E-state index is 0.213. The van der Waals surface area contributed by atoms with Crippen molar-refractivity contribution in [3.63, 3.8) is 0 Å². The third-order valence-corrected chi connectivity index (χ3v) is 8.41. The van der Waals surface area contributed by atoms with Crippen molar-refractivity contribution in [2.45, 2.75) is 153 Å². The molecule has 0 spiro atoms. The molecule has 1 amide bonds. The van der Waals surface area contributed by atoms with E-state index in [2.05, 4.69) is 104 Å². The normalized spacial score (nSPS) is 22.9. The molecule has 0 aliphatic carbocycles. The molecule has 9 nitrogen and oxygen atoms in total. The Morgan fingerprint density at radius 3 is 1.71 bits per heavy atom.